The first-order valence-electron chi connectivity index (χ1n) is 6.53. The number of carbonyl (C=O) groups excluding carboxylic acids is 1. The first-order chi connectivity index (χ1) is 9.47. The Bertz CT molecular complexity index is 732. The zero-order chi connectivity index (χ0) is 14.4. The lowest BCUT2D eigenvalue weighted by atomic mass is 10.1. The molecule has 104 valence electrons. The quantitative estimate of drug-likeness (QED) is 0.876. The van der Waals surface area contributed by atoms with Crippen LogP contribution in [0.15, 0.2) is 18.2 Å². The minimum Gasteiger partial charge on any atom is -0.481 e. The van der Waals surface area contributed by atoms with E-state index in [-0.39, 0.29) is 18.2 Å². The van der Waals surface area contributed by atoms with Crippen LogP contribution in [-0.2, 0) is 11.2 Å². The Balaban J connectivity index is 2.26. The lowest BCUT2D eigenvalue weighted by Gasteiger charge is -2.14. The molecule has 1 aliphatic rings. The van der Waals surface area contributed by atoms with Gasteiger partial charge in [0.2, 0.25) is 0 Å². The van der Waals surface area contributed by atoms with Gasteiger partial charge in [-0.15, -0.1) is 0 Å². The molecule has 3 rings (SSSR count). The number of aromatic nitrogens is 1. The standard InChI is InChI=1S/C15H14FNO3/c1-8(18)13-6-10(16)4-9-5-11-2-3-12(7-14(19)20)17(11)15(9)13/h4-6,12H,2-3,7H2,1H3,(H,19,20). The van der Waals surface area contributed by atoms with Crippen molar-refractivity contribution in [1.82, 2.24) is 4.57 Å². The average molecular weight is 275 g/mol. The average Bonchev–Trinajstić information content (AvgIpc) is 2.87. The summed E-state index contributed by atoms with van der Waals surface area (Å²) in [6.45, 7) is 1.40. The molecule has 5 heteroatoms. The summed E-state index contributed by atoms with van der Waals surface area (Å²) in [5.74, 6) is -1.52. The van der Waals surface area contributed by atoms with Crippen molar-refractivity contribution < 1.29 is 19.1 Å². The first kappa shape index (κ1) is 12.8. The van der Waals surface area contributed by atoms with Crippen LogP contribution in [0.25, 0.3) is 10.9 Å². The Morgan fingerprint density at radius 1 is 1.40 bits per heavy atom. The number of carboxylic acids is 1. The summed E-state index contributed by atoms with van der Waals surface area (Å²) >= 11 is 0. The lowest BCUT2D eigenvalue weighted by Crippen LogP contribution is -2.11. The molecular weight excluding hydrogens is 261 g/mol. The van der Waals surface area contributed by atoms with Gasteiger partial charge in [-0.3, -0.25) is 9.59 Å². The number of carboxylic acid groups (broad SMARTS) is 1. The van der Waals surface area contributed by atoms with Gasteiger partial charge in [0.1, 0.15) is 5.82 Å². The summed E-state index contributed by atoms with van der Waals surface area (Å²) in [5.41, 5.74) is 1.96. The normalized spacial score (nSPS) is 17.4. The molecule has 0 spiro atoms. The van der Waals surface area contributed by atoms with Gasteiger partial charge in [0.05, 0.1) is 11.9 Å². The van der Waals surface area contributed by atoms with Crippen molar-refractivity contribution in [2.45, 2.75) is 32.2 Å². The molecule has 2 aromatic rings. The van der Waals surface area contributed by atoms with E-state index in [9.17, 15) is 14.0 Å². The van der Waals surface area contributed by atoms with Gasteiger partial charge in [0, 0.05) is 22.7 Å². The molecule has 1 unspecified atom stereocenters. The maximum Gasteiger partial charge on any atom is 0.305 e. The predicted octanol–water partition coefficient (Wildman–Crippen LogP) is 2.95. The third-order valence-corrected chi connectivity index (χ3v) is 3.87. The van der Waals surface area contributed by atoms with Gasteiger partial charge in [-0.1, -0.05) is 0 Å². The highest BCUT2D eigenvalue weighted by molar-refractivity contribution is 6.06. The molecule has 0 amide bonds. The van der Waals surface area contributed by atoms with Crippen molar-refractivity contribution in [1.29, 1.82) is 0 Å². The number of fused-ring (bicyclic) bond motifs is 3. The van der Waals surface area contributed by atoms with Crippen molar-refractivity contribution in [3.8, 4) is 0 Å². The molecule has 4 nitrogen and oxygen atoms in total. The second-order valence-corrected chi connectivity index (χ2v) is 5.24. The van der Waals surface area contributed by atoms with E-state index in [2.05, 4.69) is 0 Å². The molecule has 0 saturated heterocycles. The van der Waals surface area contributed by atoms with Crippen LogP contribution in [0.4, 0.5) is 4.39 Å². The Hall–Kier alpha value is -2.17. The van der Waals surface area contributed by atoms with Gasteiger partial charge in [0.15, 0.2) is 5.78 Å². The second kappa shape index (κ2) is 4.44. The number of nitrogens with zero attached hydrogens (tertiary/aromatic N) is 1. The van der Waals surface area contributed by atoms with Crippen molar-refractivity contribution in [3.63, 3.8) is 0 Å². The van der Waals surface area contributed by atoms with Crippen LogP contribution in [0.5, 0.6) is 0 Å². The maximum absolute atomic E-state index is 13.6. The number of carbonyl (C=O) groups is 2. The van der Waals surface area contributed by atoms with Crippen LogP contribution in [0.3, 0.4) is 0 Å². The van der Waals surface area contributed by atoms with Crippen LogP contribution in [0.2, 0.25) is 0 Å². The van der Waals surface area contributed by atoms with Crippen LogP contribution in [-0.4, -0.2) is 21.4 Å². The van der Waals surface area contributed by atoms with E-state index in [1.54, 1.807) is 0 Å². The van der Waals surface area contributed by atoms with Crippen molar-refractivity contribution in [2.75, 3.05) is 0 Å². The summed E-state index contributed by atoms with van der Waals surface area (Å²) in [6, 6.07) is 4.31. The number of hydrogen-bond donors (Lipinski definition) is 1. The number of halogens is 1. The van der Waals surface area contributed by atoms with E-state index in [4.69, 9.17) is 5.11 Å². The van der Waals surface area contributed by atoms with Crippen molar-refractivity contribution in [3.05, 3.63) is 35.3 Å². The molecule has 0 saturated carbocycles. The van der Waals surface area contributed by atoms with Gasteiger partial charge in [0.25, 0.3) is 0 Å². The third-order valence-electron chi connectivity index (χ3n) is 3.87. The number of hydrogen-bond acceptors (Lipinski definition) is 2. The monoisotopic (exact) mass is 275 g/mol. The summed E-state index contributed by atoms with van der Waals surface area (Å²) in [6.07, 6.45) is 1.52. The molecule has 20 heavy (non-hydrogen) atoms. The fraction of sp³-hybridized carbons (Fsp3) is 0.333. The molecular formula is C15H14FNO3. The molecule has 1 aromatic carbocycles. The topological polar surface area (TPSA) is 59.3 Å². The van der Waals surface area contributed by atoms with E-state index in [0.717, 1.165) is 18.5 Å². The van der Waals surface area contributed by atoms with Crippen LogP contribution in [0, 0.1) is 5.82 Å². The molecule has 0 aliphatic carbocycles. The zero-order valence-electron chi connectivity index (χ0n) is 11.0. The van der Waals surface area contributed by atoms with E-state index < -0.39 is 11.8 Å². The highest BCUT2D eigenvalue weighted by atomic mass is 19.1. The lowest BCUT2D eigenvalue weighted by molar-refractivity contribution is -0.137. The van der Waals surface area contributed by atoms with Crippen molar-refractivity contribution >= 4 is 22.7 Å². The highest BCUT2D eigenvalue weighted by Gasteiger charge is 2.28. The summed E-state index contributed by atoms with van der Waals surface area (Å²) in [7, 11) is 0. The number of aryl methyl sites for hydroxylation is 1. The van der Waals surface area contributed by atoms with E-state index >= 15 is 0 Å². The molecule has 0 fully saturated rings. The Labute approximate surface area is 114 Å². The minimum atomic E-state index is -0.865. The molecule has 1 atom stereocenters. The number of benzene rings is 1. The number of rotatable bonds is 3. The molecule has 1 aromatic heterocycles. The smallest absolute Gasteiger partial charge is 0.305 e. The van der Waals surface area contributed by atoms with E-state index in [1.165, 1.54) is 19.1 Å². The third kappa shape index (κ3) is 1.90. The summed E-state index contributed by atoms with van der Waals surface area (Å²) in [4.78, 5) is 22.7. The van der Waals surface area contributed by atoms with Gasteiger partial charge in [-0.05, 0) is 38.0 Å². The van der Waals surface area contributed by atoms with Gasteiger partial charge >= 0.3 is 5.97 Å². The zero-order valence-corrected chi connectivity index (χ0v) is 11.0. The van der Waals surface area contributed by atoms with Crippen LogP contribution >= 0.6 is 0 Å². The fourth-order valence-corrected chi connectivity index (χ4v) is 3.11. The molecule has 0 bridgehead atoms. The second-order valence-electron chi connectivity index (χ2n) is 5.24. The Morgan fingerprint density at radius 2 is 2.15 bits per heavy atom. The molecule has 2 heterocycles. The summed E-state index contributed by atoms with van der Waals surface area (Å²) in [5, 5.41) is 9.66. The molecule has 1 aliphatic heterocycles. The van der Waals surface area contributed by atoms with Crippen LogP contribution in [0.1, 0.15) is 41.9 Å². The Morgan fingerprint density at radius 3 is 2.80 bits per heavy atom. The SMILES string of the molecule is CC(=O)c1cc(F)cc2cc3n(c12)C(CC(=O)O)CC3. The number of aliphatic carboxylic acids is 1. The van der Waals surface area contributed by atoms with E-state index in [1.807, 2.05) is 10.6 Å². The van der Waals surface area contributed by atoms with Gasteiger partial charge in [-0.2, -0.15) is 0 Å². The fourth-order valence-electron chi connectivity index (χ4n) is 3.11. The van der Waals surface area contributed by atoms with Crippen LogP contribution < -0.4 is 0 Å². The highest BCUT2D eigenvalue weighted by Crippen LogP contribution is 2.37. The van der Waals surface area contributed by atoms with Gasteiger partial charge in [-0.25, -0.2) is 4.39 Å². The minimum absolute atomic E-state index is 0.0193. The number of ketones is 1. The largest absolute Gasteiger partial charge is 0.481 e. The molecule has 1 N–H and O–H groups in total. The van der Waals surface area contributed by atoms with Crippen molar-refractivity contribution in [2.24, 2.45) is 0 Å². The van der Waals surface area contributed by atoms with E-state index in [0.29, 0.717) is 16.5 Å². The molecule has 0 radical (unpaired) electrons. The maximum atomic E-state index is 13.6. The van der Waals surface area contributed by atoms with Gasteiger partial charge < -0.3 is 9.67 Å². The number of Topliss-reactive ketones (excluding diaryl/α,β-unsaturated/α-hetero) is 1. The Kier molecular flexibility index (Phi) is 2.85. The predicted molar refractivity (Wildman–Crippen MR) is 71.5 cm³/mol. The first-order valence-corrected chi connectivity index (χ1v) is 6.53. The summed E-state index contributed by atoms with van der Waals surface area (Å²) < 4.78 is 15.5.